The Morgan fingerprint density at radius 1 is 1.10 bits per heavy atom. The predicted octanol–water partition coefficient (Wildman–Crippen LogP) is 2.38. The Bertz CT molecular complexity index is 753. The van der Waals surface area contributed by atoms with Gasteiger partial charge in [0.05, 0.1) is 12.7 Å². The molecule has 2 rings (SSSR count). The van der Waals surface area contributed by atoms with E-state index in [0.29, 0.717) is 0 Å². The van der Waals surface area contributed by atoms with E-state index in [1.54, 1.807) is 0 Å². The second-order valence-corrected chi connectivity index (χ2v) is 5.56. The van der Waals surface area contributed by atoms with Gasteiger partial charge in [-0.2, -0.15) is 8.42 Å². The molecule has 0 aliphatic carbocycles. The average Bonchev–Trinajstić information content (AvgIpc) is 2.46. The fourth-order valence-corrected chi connectivity index (χ4v) is 2.49. The normalized spacial score (nSPS) is 11.0. The number of benzene rings is 2. The molecule has 0 aliphatic heterocycles. The average molecular weight is 310 g/mol. The van der Waals surface area contributed by atoms with Crippen LogP contribution in [0.2, 0.25) is 0 Å². The van der Waals surface area contributed by atoms with Crippen LogP contribution in [0.3, 0.4) is 0 Å². The van der Waals surface area contributed by atoms with E-state index < -0.39 is 21.9 Å². The van der Waals surface area contributed by atoms with Crippen LogP contribution in [0.25, 0.3) is 0 Å². The van der Waals surface area contributed by atoms with Gasteiger partial charge >= 0.3 is 16.1 Å². The largest absolute Gasteiger partial charge is 0.465 e. The molecule has 0 saturated heterocycles. The first-order chi connectivity index (χ1) is 9.92. The van der Waals surface area contributed by atoms with Crippen molar-refractivity contribution in [1.29, 1.82) is 0 Å². The van der Waals surface area contributed by atoms with Crippen LogP contribution in [0.4, 0.5) is 4.39 Å². The maximum absolute atomic E-state index is 13.0. The maximum Gasteiger partial charge on any atom is 0.339 e. The molecule has 2 aromatic rings. The zero-order chi connectivity index (χ0) is 15.5. The van der Waals surface area contributed by atoms with Crippen LogP contribution in [0, 0.1) is 5.82 Å². The number of methoxy groups -OCH3 is 1. The van der Waals surface area contributed by atoms with E-state index in [2.05, 4.69) is 4.74 Å². The second-order valence-electron chi connectivity index (χ2n) is 4.01. The lowest BCUT2D eigenvalue weighted by Gasteiger charge is -2.07. The zero-order valence-electron chi connectivity index (χ0n) is 10.9. The van der Waals surface area contributed by atoms with Crippen molar-refractivity contribution < 1.29 is 26.5 Å². The molecule has 0 N–H and O–H groups in total. The Balaban J connectivity index is 2.25. The van der Waals surface area contributed by atoms with Gasteiger partial charge in [0.15, 0.2) is 0 Å². The molecule has 21 heavy (non-hydrogen) atoms. The maximum atomic E-state index is 13.0. The number of halogens is 1. The van der Waals surface area contributed by atoms with Crippen LogP contribution in [-0.2, 0) is 14.9 Å². The molecule has 0 spiro atoms. The van der Waals surface area contributed by atoms with Gasteiger partial charge in [-0.15, -0.1) is 0 Å². The van der Waals surface area contributed by atoms with Crippen molar-refractivity contribution in [1.82, 2.24) is 0 Å². The van der Waals surface area contributed by atoms with Gasteiger partial charge in [-0.05, 0) is 36.4 Å². The van der Waals surface area contributed by atoms with Gasteiger partial charge in [0.25, 0.3) is 0 Å². The third kappa shape index (κ3) is 3.57. The van der Waals surface area contributed by atoms with Crippen molar-refractivity contribution in [2.45, 2.75) is 4.90 Å². The SMILES string of the molecule is COC(=O)c1ccc(S(=O)(=O)Oc2cccc(F)c2)cc1. The topological polar surface area (TPSA) is 69.7 Å². The molecule has 2 aromatic carbocycles. The van der Waals surface area contributed by atoms with E-state index in [9.17, 15) is 17.6 Å². The molecule has 0 aliphatic rings. The highest BCUT2D eigenvalue weighted by molar-refractivity contribution is 7.87. The Hall–Kier alpha value is -2.41. The molecular formula is C14H11FO5S. The molecule has 7 heteroatoms. The van der Waals surface area contributed by atoms with Gasteiger partial charge < -0.3 is 8.92 Å². The van der Waals surface area contributed by atoms with Crippen molar-refractivity contribution in [3.05, 3.63) is 59.9 Å². The molecule has 110 valence electrons. The summed E-state index contributed by atoms with van der Waals surface area (Å²) in [6.07, 6.45) is 0. The molecular weight excluding hydrogens is 299 g/mol. The highest BCUT2D eigenvalue weighted by Gasteiger charge is 2.17. The molecule has 0 atom stereocenters. The molecule has 0 unspecified atom stereocenters. The number of hydrogen-bond donors (Lipinski definition) is 0. The van der Waals surface area contributed by atoms with Crippen LogP contribution in [0.15, 0.2) is 53.4 Å². The minimum atomic E-state index is -4.10. The Kier molecular flexibility index (Phi) is 4.23. The van der Waals surface area contributed by atoms with Crippen LogP contribution in [-0.4, -0.2) is 21.5 Å². The summed E-state index contributed by atoms with van der Waals surface area (Å²) in [7, 11) is -2.88. The fraction of sp³-hybridized carbons (Fsp3) is 0.0714. The molecule has 5 nitrogen and oxygen atoms in total. The monoisotopic (exact) mass is 310 g/mol. The first-order valence-corrected chi connectivity index (χ1v) is 7.21. The summed E-state index contributed by atoms with van der Waals surface area (Å²) in [5.41, 5.74) is 0.210. The summed E-state index contributed by atoms with van der Waals surface area (Å²) in [5, 5.41) is 0. The molecule has 0 saturated carbocycles. The summed E-state index contributed by atoms with van der Waals surface area (Å²) in [6.45, 7) is 0. The predicted molar refractivity (Wildman–Crippen MR) is 72.0 cm³/mol. The summed E-state index contributed by atoms with van der Waals surface area (Å²) in [6, 6.07) is 9.80. The van der Waals surface area contributed by atoms with Crippen LogP contribution in [0.1, 0.15) is 10.4 Å². The van der Waals surface area contributed by atoms with Gasteiger partial charge in [0, 0.05) is 6.07 Å². The standard InChI is InChI=1S/C14H11FO5S/c1-19-14(16)10-5-7-13(8-6-10)21(17,18)20-12-4-2-3-11(15)9-12/h2-9H,1H3. The van der Waals surface area contributed by atoms with E-state index in [4.69, 9.17) is 4.18 Å². The highest BCUT2D eigenvalue weighted by Crippen LogP contribution is 2.19. The fourth-order valence-electron chi connectivity index (χ4n) is 1.57. The van der Waals surface area contributed by atoms with Crippen LogP contribution in [0.5, 0.6) is 5.75 Å². The highest BCUT2D eigenvalue weighted by atomic mass is 32.2. The van der Waals surface area contributed by atoms with Crippen molar-refractivity contribution in [3.63, 3.8) is 0 Å². The minimum Gasteiger partial charge on any atom is -0.465 e. The van der Waals surface area contributed by atoms with E-state index >= 15 is 0 Å². The molecule has 0 aromatic heterocycles. The van der Waals surface area contributed by atoms with Crippen LogP contribution >= 0.6 is 0 Å². The van der Waals surface area contributed by atoms with Gasteiger partial charge in [-0.3, -0.25) is 0 Å². The number of carbonyl (C=O) groups is 1. The quantitative estimate of drug-likeness (QED) is 0.640. The summed E-state index contributed by atoms with van der Waals surface area (Å²) >= 11 is 0. The van der Waals surface area contributed by atoms with Gasteiger partial charge in [-0.1, -0.05) is 6.07 Å². The minimum absolute atomic E-state index is 0.132. The third-order valence-electron chi connectivity index (χ3n) is 2.57. The van der Waals surface area contributed by atoms with Gasteiger partial charge in [0.2, 0.25) is 0 Å². The molecule has 0 radical (unpaired) electrons. The van der Waals surface area contributed by atoms with E-state index in [-0.39, 0.29) is 16.2 Å². The van der Waals surface area contributed by atoms with E-state index in [0.717, 1.165) is 6.07 Å². The number of rotatable bonds is 4. The summed E-state index contributed by atoms with van der Waals surface area (Å²) < 4.78 is 46.3. The first-order valence-electron chi connectivity index (χ1n) is 5.81. The smallest absolute Gasteiger partial charge is 0.339 e. The van der Waals surface area contributed by atoms with E-state index in [1.807, 2.05) is 0 Å². The zero-order valence-corrected chi connectivity index (χ0v) is 11.8. The lowest BCUT2D eigenvalue weighted by molar-refractivity contribution is 0.0600. The van der Waals surface area contributed by atoms with Crippen LogP contribution < -0.4 is 4.18 Å². The Morgan fingerprint density at radius 2 is 1.76 bits per heavy atom. The van der Waals surface area contributed by atoms with Crippen molar-refractivity contribution >= 4 is 16.1 Å². The Morgan fingerprint density at radius 3 is 2.33 bits per heavy atom. The summed E-state index contributed by atoms with van der Waals surface area (Å²) in [4.78, 5) is 11.1. The van der Waals surface area contributed by atoms with Crippen molar-refractivity contribution in [2.75, 3.05) is 7.11 Å². The third-order valence-corrected chi connectivity index (χ3v) is 3.83. The lowest BCUT2D eigenvalue weighted by Crippen LogP contribution is -2.10. The van der Waals surface area contributed by atoms with Crippen molar-refractivity contribution in [2.24, 2.45) is 0 Å². The molecule has 0 heterocycles. The van der Waals surface area contributed by atoms with E-state index in [1.165, 1.54) is 49.6 Å². The first kappa shape index (κ1) is 15.0. The molecule has 0 fully saturated rings. The second kappa shape index (κ2) is 5.92. The molecule has 0 bridgehead atoms. The number of esters is 1. The number of ether oxygens (including phenoxy) is 1. The van der Waals surface area contributed by atoms with Crippen molar-refractivity contribution in [3.8, 4) is 5.75 Å². The lowest BCUT2D eigenvalue weighted by atomic mass is 10.2. The van der Waals surface area contributed by atoms with Gasteiger partial charge in [0.1, 0.15) is 16.5 Å². The Labute approximate surface area is 121 Å². The summed E-state index contributed by atoms with van der Waals surface area (Å²) in [5.74, 6) is -1.32. The number of hydrogen-bond acceptors (Lipinski definition) is 5. The number of carbonyl (C=O) groups excluding carboxylic acids is 1. The molecule has 0 amide bonds. The van der Waals surface area contributed by atoms with Gasteiger partial charge in [-0.25, -0.2) is 9.18 Å².